The number of amides is 1. The Balaban J connectivity index is 1.51. The summed E-state index contributed by atoms with van der Waals surface area (Å²) in [6, 6.07) is 12.7. The predicted octanol–water partition coefficient (Wildman–Crippen LogP) is 0.529. The third kappa shape index (κ3) is 2.85. The van der Waals surface area contributed by atoms with Gasteiger partial charge < -0.3 is 14.7 Å². The first-order chi connectivity index (χ1) is 12.1. The molecule has 2 N–H and O–H groups in total. The number of aliphatic hydroxyl groups is 1. The minimum atomic E-state index is -0.743. The fourth-order valence-electron chi connectivity index (χ4n) is 3.73. The Morgan fingerprint density at radius 3 is 2.80 bits per heavy atom. The van der Waals surface area contributed by atoms with Crippen molar-refractivity contribution in [2.75, 3.05) is 19.7 Å². The van der Waals surface area contributed by atoms with Crippen molar-refractivity contribution in [1.82, 2.24) is 15.1 Å². The highest BCUT2D eigenvalue weighted by Crippen LogP contribution is 2.42. The third-order valence-corrected chi connectivity index (χ3v) is 5.08. The maximum absolute atomic E-state index is 12.6. The maximum Gasteiger partial charge on any atom is 0.274 e. The van der Waals surface area contributed by atoms with Crippen molar-refractivity contribution in [3.8, 4) is 0 Å². The molecule has 25 heavy (non-hydrogen) atoms. The fourth-order valence-corrected chi connectivity index (χ4v) is 3.73. The number of H-pyrrole nitrogens is 1. The van der Waals surface area contributed by atoms with E-state index in [4.69, 9.17) is 4.74 Å². The average molecular weight is 341 g/mol. The molecule has 3 heterocycles. The monoisotopic (exact) mass is 341 g/mol. The summed E-state index contributed by atoms with van der Waals surface area (Å²) in [5.74, 6) is -0.115. The quantitative estimate of drug-likeness (QED) is 0.831. The van der Waals surface area contributed by atoms with Crippen LogP contribution in [0.3, 0.4) is 0 Å². The molecule has 4 rings (SSSR count). The van der Waals surface area contributed by atoms with Crippen molar-refractivity contribution in [1.29, 1.82) is 0 Å². The van der Waals surface area contributed by atoms with Crippen LogP contribution in [0.4, 0.5) is 0 Å². The van der Waals surface area contributed by atoms with Crippen molar-refractivity contribution in [2.24, 2.45) is 0 Å². The lowest BCUT2D eigenvalue weighted by atomic mass is 9.87. The number of nitrogens with one attached hydrogen (secondary N) is 1. The second-order valence-electron chi connectivity index (χ2n) is 6.70. The number of carbonyl (C=O) groups excluding carboxylic acids is 1. The second-order valence-corrected chi connectivity index (χ2v) is 6.70. The number of aromatic nitrogens is 2. The van der Waals surface area contributed by atoms with E-state index < -0.39 is 11.7 Å². The molecule has 130 valence electrons. The molecule has 2 aliphatic heterocycles. The summed E-state index contributed by atoms with van der Waals surface area (Å²) in [6.07, 6.45) is -0.0750. The van der Waals surface area contributed by atoms with Crippen molar-refractivity contribution in [3.05, 3.63) is 64.1 Å². The van der Waals surface area contributed by atoms with Gasteiger partial charge >= 0.3 is 0 Å². The summed E-state index contributed by atoms with van der Waals surface area (Å²) >= 11 is 0. The van der Waals surface area contributed by atoms with Gasteiger partial charge in [-0.05, 0) is 18.1 Å². The number of aliphatic hydroxyl groups excluding tert-OH is 1. The van der Waals surface area contributed by atoms with Gasteiger partial charge in [-0.2, -0.15) is 5.10 Å². The van der Waals surface area contributed by atoms with Gasteiger partial charge in [-0.15, -0.1) is 0 Å². The molecular formula is C18H19N3O4. The van der Waals surface area contributed by atoms with Crippen LogP contribution in [0.1, 0.15) is 28.4 Å². The molecule has 7 nitrogen and oxygen atoms in total. The average Bonchev–Trinajstić information content (AvgIpc) is 3.21. The van der Waals surface area contributed by atoms with Crippen molar-refractivity contribution < 1.29 is 14.6 Å². The highest BCUT2D eigenvalue weighted by atomic mass is 16.5. The topological polar surface area (TPSA) is 95.5 Å². The second kappa shape index (κ2) is 6.09. The number of benzene rings is 1. The highest BCUT2D eigenvalue weighted by Gasteiger charge is 2.53. The first-order valence-electron chi connectivity index (χ1n) is 8.29. The van der Waals surface area contributed by atoms with Gasteiger partial charge in [-0.25, -0.2) is 5.10 Å². The molecule has 1 aromatic heterocycles. The standard InChI is InChI=1S/C18H19N3O4/c22-15-9-21(17(24)14-6-7-16(23)20-19-14)11-18(15)8-13(10-25-18)12-4-2-1-3-5-12/h1-7,13,15,22H,8-11H2,(H,20,23)/t13-,15+,18+/m0/s1. The molecular weight excluding hydrogens is 322 g/mol. The van der Waals surface area contributed by atoms with Crippen LogP contribution in [0.25, 0.3) is 0 Å². The summed E-state index contributed by atoms with van der Waals surface area (Å²) in [4.78, 5) is 25.2. The van der Waals surface area contributed by atoms with Gasteiger partial charge in [-0.3, -0.25) is 9.59 Å². The Morgan fingerprint density at radius 1 is 1.28 bits per heavy atom. The summed E-state index contributed by atoms with van der Waals surface area (Å²) in [5, 5.41) is 16.6. The zero-order valence-corrected chi connectivity index (χ0v) is 13.6. The Labute approximate surface area is 144 Å². The minimum absolute atomic E-state index is 0.154. The molecule has 0 unspecified atom stereocenters. The van der Waals surface area contributed by atoms with Crippen LogP contribution in [-0.4, -0.2) is 57.5 Å². The lowest BCUT2D eigenvalue weighted by Gasteiger charge is -2.25. The molecule has 3 atom stereocenters. The molecule has 2 fully saturated rings. The van der Waals surface area contributed by atoms with Crippen molar-refractivity contribution in [2.45, 2.75) is 24.0 Å². The molecule has 2 aromatic rings. The van der Waals surface area contributed by atoms with Crippen LogP contribution < -0.4 is 5.56 Å². The van der Waals surface area contributed by atoms with E-state index in [9.17, 15) is 14.7 Å². The summed E-state index contributed by atoms with van der Waals surface area (Å²) < 4.78 is 5.99. The van der Waals surface area contributed by atoms with Crippen LogP contribution in [0, 0.1) is 0 Å². The molecule has 0 saturated carbocycles. The van der Waals surface area contributed by atoms with Gasteiger partial charge in [0, 0.05) is 18.5 Å². The lowest BCUT2D eigenvalue weighted by molar-refractivity contribution is -0.0591. The largest absolute Gasteiger partial charge is 0.388 e. The molecule has 1 aromatic carbocycles. The number of ether oxygens (including phenoxy) is 1. The zero-order chi connectivity index (χ0) is 17.4. The molecule has 2 aliphatic rings. The van der Waals surface area contributed by atoms with Crippen molar-refractivity contribution in [3.63, 3.8) is 0 Å². The van der Waals surface area contributed by atoms with Gasteiger partial charge in [0.1, 0.15) is 17.4 Å². The van der Waals surface area contributed by atoms with Gasteiger partial charge in [0.05, 0.1) is 13.2 Å². The van der Waals surface area contributed by atoms with E-state index in [1.807, 2.05) is 18.2 Å². The number of likely N-dealkylation sites (tertiary alicyclic amines) is 1. The van der Waals surface area contributed by atoms with Gasteiger partial charge in [0.25, 0.3) is 11.5 Å². The number of hydrogen-bond acceptors (Lipinski definition) is 5. The normalized spacial score (nSPS) is 28.6. The summed E-state index contributed by atoms with van der Waals surface area (Å²) in [6.45, 7) is 1.04. The Morgan fingerprint density at radius 2 is 2.08 bits per heavy atom. The Kier molecular flexibility index (Phi) is 3.89. The van der Waals surface area contributed by atoms with Crippen LogP contribution in [0.5, 0.6) is 0 Å². The molecule has 7 heteroatoms. The zero-order valence-electron chi connectivity index (χ0n) is 13.6. The molecule has 0 aliphatic carbocycles. The number of rotatable bonds is 2. The number of nitrogens with zero attached hydrogens (tertiary/aromatic N) is 2. The van der Waals surface area contributed by atoms with E-state index in [2.05, 4.69) is 22.3 Å². The maximum atomic E-state index is 12.6. The van der Waals surface area contributed by atoms with Crippen molar-refractivity contribution >= 4 is 5.91 Å². The van der Waals surface area contributed by atoms with Crippen LogP contribution >= 0.6 is 0 Å². The highest BCUT2D eigenvalue weighted by molar-refractivity contribution is 5.92. The van der Waals surface area contributed by atoms with Crippen LogP contribution in [-0.2, 0) is 4.74 Å². The molecule has 1 spiro atoms. The minimum Gasteiger partial charge on any atom is -0.388 e. The first-order valence-corrected chi connectivity index (χ1v) is 8.29. The van der Waals surface area contributed by atoms with E-state index in [1.165, 1.54) is 17.7 Å². The van der Waals surface area contributed by atoms with E-state index in [0.717, 1.165) is 0 Å². The molecule has 1 amide bonds. The summed E-state index contributed by atoms with van der Waals surface area (Å²) in [7, 11) is 0. The first kappa shape index (κ1) is 16.0. The van der Waals surface area contributed by atoms with Gasteiger partial charge in [0.15, 0.2) is 0 Å². The van der Waals surface area contributed by atoms with E-state index in [-0.39, 0.29) is 29.6 Å². The lowest BCUT2D eigenvalue weighted by Crippen LogP contribution is -2.41. The molecule has 0 bridgehead atoms. The van der Waals surface area contributed by atoms with E-state index in [0.29, 0.717) is 19.6 Å². The third-order valence-electron chi connectivity index (χ3n) is 5.08. The fraction of sp³-hybridized carbons (Fsp3) is 0.389. The summed E-state index contributed by atoms with van der Waals surface area (Å²) in [5.41, 5.74) is 0.234. The Hall–Kier alpha value is -2.51. The molecule has 2 saturated heterocycles. The van der Waals surface area contributed by atoms with E-state index >= 15 is 0 Å². The number of carbonyl (C=O) groups is 1. The predicted molar refractivity (Wildman–Crippen MR) is 89.3 cm³/mol. The Bertz CT molecular complexity index is 817. The molecule has 0 radical (unpaired) electrons. The van der Waals surface area contributed by atoms with Gasteiger partial charge in [-0.1, -0.05) is 30.3 Å². The number of β-amino-alcohol motifs (C(OH)–C–C–N with tert-alkyl or cyclic N) is 1. The van der Waals surface area contributed by atoms with Crippen LogP contribution in [0.2, 0.25) is 0 Å². The van der Waals surface area contributed by atoms with Crippen LogP contribution in [0.15, 0.2) is 47.3 Å². The van der Waals surface area contributed by atoms with Gasteiger partial charge in [0.2, 0.25) is 0 Å². The number of hydrogen-bond donors (Lipinski definition) is 2. The van der Waals surface area contributed by atoms with E-state index in [1.54, 1.807) is 4.90 Å². The smallest absolute Gasteiger partial charge is 0.274 e. The number of aromatic amines is 1. The SMILES string of the molecule is O=C(c1ccc(=O)[nH]n1)N1C[C@@H](O)[C@@]2(C[C@H](c3ccccc3)CO2)C1.